The van der Waals surface area contributed by atoms with E-state index in [2.05, 4.69) is 22.0 Å². The van der Waals surface area contributed by atoms with Crippen LogP contribution in [0.15, 0.2) is 81.4 Å². The number of nitrogens with two attached hydrogens (primary N) is 1. The molecule has 0 bridgehead atoms. The van der Waals surface area contributed by atoms with E-state index in [1.54, 1.807) is 4.57 Å². The Kier molecular flexibility index (Phi) is 4.99. The van der Waals surface area contributed by atoms with Crippen molar-refractivity contribution in [1.29, 1.82) is 5.26 Å². The molecule has 2 N–H and O–H groups in total. The van der Waals surface area contributed by atoms with Gasteiger partial charge in [0.1, 0.15) is 17.4 Å². The maximum Gasteiger partial charge on any atom is 0.259 e. The summed E-state index contributed by atoms with van der Waals surface area (Å²) in [6, 6.07) is 21.3. The van der Waals surface area contributed by atoms with Crippen molar-refractivity contribution in [2.24, 2.45) is 5.73 Å². The summed E-state index contributed by atoms with van der Waals surface area (Å²) in [5.74, 6) is -0.153. The smallest absolute Gasteiger partial charge is 0.259 e. The van der Waals surface area contributed by atoms with E-state index in [1.165, 1.54) is 0 Å². The second-order valence-electron chi connectivity index (χ2n) is 6.92. The summed E-state index contributed by atoms with van der Waals surface area (Å²) in [6.07, 6.45) is 0. The Hall–Kier alpha value is -3.30. The van der Waals surface area contributed by atoms with Gasteiger partial charge in [-0.25, -0.2) is 0 Å². The highest BCUT2D eigenvalue weighted by Gasteiger charge is 2.34. The highest BCUT2D eigenvalue weighted by atomic mass is 79.9. The molecule has 6 heteroatoms. The normalized spacial score (nSPS) is 15.4. The van der Waals surface area contributed by atoms with Gasteiger partial charge in [-0.2, -0.15) is 5.26 Å². The van der Waals surface area contributed by atoms with Gasteiger partial charge >= 0.3 is 0 Å². The fourth-order valence-electron chi connectivity index (χ4n) is 3.67. The van der Waals surface area contributed by atoms with E-state index in [9.17, 15) is 10.1 Å². The third-order valence-electron chi connectivity index (χ3n) is 5.06. The standard InChI is InChI=1S/C23H18BrN3O2/c1-14-10-19-21(23(28)27(14)13-15-6-3-2-4-7-15)20(18(12-25)22(26)29-19)16-8-5-9-17(24)11-16/h2-11,20H,13,26H2,1H3/t20-/m0/s1. The molecule has 2 aromatic carbocycles. The molecular formula is C23H18BrN3O2. The second kappa shape index (κ2) is 7.61. The number of halogens is 1. The Morgan fingerprint density at radius 3 is 2.62 bits per heavy atom. The first-order chi connectivity index (χ1) is 14.0. The number of benzene rings is 2. The van der Waals surface area contributed by atoms with Crippen LogP contribution < -0.4 is 16.0 Å². The van der Waals surface area contributed by atoms with Crippen molar-refractivity contribution in [2.45, 2.75) is 19.4 Å². The molecule has 0 aliphatic carbocycles. The van der Waals surface area contributed by atoms with Crippen molar-refractivity contribution < 1.29 is 4.74 Å². The Bertz CT molecular complexity index is 1220. The van der Waals surface area contributed by atoms with Crippen LogP contribution in [0.3, 0.4) is 0 Å². The number of allylic oxidation sites excluding steroid dienone is 1. The summed E-state index contributed by atoms with van der Waals surface area (Å²) in [7, 11) is 0. The molecule has 0 saturated carbocycles. The maximum atomic E-state index is 13.6. The van der Waals surface area contributed by atoms with Gasteiger partial charge in [-0.1, -0.05) is 58.4 Å². The molecule has 0 amide bonds. The highest BCUT2D eigenvalue weighted by Crippen LogP contribution is 2.41. The van der Waals surface area contributed by atoms with E-state index in [-0.39, 0.29) is 17.0 Å². The van der Waals surface area contributed by atoms with Crippen molar-refractivity contribution in [1.82, 2.24) is 4.57 Å². The number of hydrogen-bond donors (Lipinski definition) is 1. The number of nitrogens with zero attached hydrogens (tertiary/aromatic N) is 2. The number of aromatic nitrogens is 1. The lowest BCUT2D eigenvalue weighted by atomic mass is 9.84. The number of aryl methyl sites for hydroxylation is 1. The average Bonchev–Trinajstić information content (AvgIpc) is 2.71. The van der Waals surface area contributed by atoms with Gasteiger partial charge in [0.2, 0.25) is 5.88 Å². The van der Waals surface area contributed by atoms with E-state index in [0.717, 1.165) is 21.3 Å². The van der Waals surface area contributed by atoms with Crippen LogP contribution in [-0.2, 0) is 6.54 Å². The number of fused-ring (bicyclic) bond motifs is 1. The molecule has 4 rings (SSSR count). The second-order valence-corrected chi connectivity index (χ2v) is 7.84. The Balaban J connectivity index is 1.94. The number of hydrogen-bond acceptors (Lipinski definition) is 4. The average molecular weight is 448 g/mol. The first-order valence-electron chi connectivity index (χ1n) is 9.11. The third kappa shape index (κ3) is 3.45. The zero-order valence-electron chi connectivity index (χ0n) is 15.7. The predicted octanol–water partition coefficient (Wildman–Crippen LogP) is 4.19. The molecule has 1 aliphatic heterocycles. The van der Waals surface area contributed by atoms with Gasteiger partial charge in [-0.05, 0) is 30.2 Å². The molecule has 1 aromatic heterocycles. The van der Waals surface area contributed by atoms with Gasteiger partial charge in [0.15, 0.2) is 0 Å². The van der Waals surface area contributed by atoms with Crippen LogP contribution in [0.5, 0.6) is 5.75 Å². The van der Waals surface area contributed by atoms with Crippen molar-refractivity contribution in [3.63, 3.8) is 0 Å². The van der Waals surface area contributed by atoms with Crippen LogP contribution in [0.1, 0.15) is 28.3 Å². The lowest BCUT2D eigenvalue weighted by molar-refractivity contribution is 0.389. The van der Waals surface area contributed by atoms with Gasteiger partial charge in [-0.15, -0.1) is 0 Å². The number of ether oxygens (including phenoxy) is 1. The quantitative estimate of drug-likeness (QED) is 0.652. The fraction of sp³-hybridized carbons (Fsp3) is 0.130. The lowest BCUT2D eigenvalue weighted by Crippen LogP contribution is -2.33. The Labute approximate surface area is 176 Å². The molecule has 0 saturated heterocycles. The monoisotopic (exact) mass is 447 g/mol. The Morgan fingerprint density at radius 2 is 1.93 bits per heavy atom. The summed E-state index contributed by atoms with van der Waals surface area (Å²) in [5, 5.41) is 9.75. The van der Waals surface area contributed by atoms with E-state index in [4.69, 9.17) is 10.5 Å². The summed E-state index contributed by atoms with van der Waals surface area (Å²) < 4.78 is 8.26. The summed E-state index contributed by atoms with van der Waals surface area (Å²) >= 11 is 3.47. The largest absolute Gasteiger partial charge is 0.440 e. The zero-order chi connectivity index (χ0) is 20.5. The Morgan fingerprint density at radius 1 is 1.17 bits per heavy atom. The van der Waals surface area contributed by atoms with Gasteiger partial charge in [-0.3, -0.25) is 4.79 Å². The molecule has 0 spiro atoms. The van der Waals surface area contributed by atoms with Gasteiger partial charge in [0.25, 0.3) is 5.56 Å². The van der Waals surface area contributed by atoms with Crippen molar-refractivity contribution in [3.05, 3.63) is 109 Å². The molecule has 5 nitrogen and oxygen atoms in total. The highest BCUT2D eigenvalue weighted by molar-refractivity contribution is 9.10. The number of nitriles is 1. The summed E-state index contributed by atoms with van der Waals surface area (Å²) in [6.45, 7) is 2.30. The number of pyridine rings is 1. The van der Waals surface area contributed by atoms with Crippen LogP contribution in [0, 0.1) is 18.3 Å². The van der Waals surface area contributed by atoms with Crippen LogP contribution in [-0.4, -0.2) is 4.57 Å². The summed E-state index contributed by atoms with van der Waals surface area (Å²) in [5.41, 5.74) is 9.11. The zero-order valence-corrected chi connectivity index (χ0v) is 17.3. The van der Waals surface area contributed by atoms with Crippen LogP contribution in [0.2, 0.25) is 0 Å². The molecule has 144 valence electrons. The molecule has 0 radical (unpaired) electrons. The van der Waals surface area contributed by atoms with Crippen molar-refractivity contribution >= 4 is 15.9 Å². The van der Waals surface area contributed by atoms with Crippen molar-refractivity contribution in [2.75, 3.05) is 0 Å². The minimum atomic E-state index is -0.587. The predicted molar refractivity (Wildman–Crippen MR) is 114 cm³/mol. The van der Waals surface area contributed by atoms with Gasteiger partial charge < -0.3 is 15.0 Å². The van der Waals surface area contributed by atoms with Crippen LogP contribution in [0.25, 0.3) is 0 Å². The molecule has 1 aliphatic rings. The van der Waals surface area contributed by atoms with E-state index in [0.29, 0.717) is 17.9 Å². The first kappa shape index (κ1) is 19.0. The fourth-order valence-corrected chi connectivity index (χ4v) is 4.09. The molecule has 29 heavy (non-hydrogen) atoms. The molecule has 3 aromatic rings. The third-order valence-corrected chi connectivity index (χ3v) is 5.55. The SMILES string of the molecule is Cc1cc2c(c(=O)n1Cc1ccccc1)[C@@H](c1cccc(Br)c1)C(C#N)=C(N)O2. The van der Waals surface area contributed by atoms with Crippen LogP contribution in [0.4, 0.5) is 0 Å². The first-order valence-corrected chi connectivity index (χ1v) is 9.90. The molecule has 0 unspecified atom stereocenters. The minimum Gasteiger partial charge on any atom is -0.440 e. The van der Waals surface area contributed by atoms with E-state index >= 15 is 0 Å². The molecule has 1 atom stereocenters. The summed E-state index contributed by atoms with van der Waals surface area (Å²) in [4.78, 5) is 13.6. The lowest BCUT2D eigenvalue weighted by Gasteiger charge is -2.27. The maximum absolute atomic E-state index is 13.6. The van der Waals surface area contributed by atoms with Crippen LogP contribution >= 0.6 is 15.9 Å². The van der Waals surface area contributed by atoms with Gasteiger partial charge in [0.05, 0.1) is 18.0 Å². The molecular weight excluding hydrogens is 430 g/mol. The van der Waals surface area contributed by atoms with Gasteiger partial charge in [0, 0.05) is 16.2 Å². The molecule has 0 fully saturated rings. The van der Waals surface area contributed by atoms with E-state index < -0.39 is 5.92 Å². The van der Waals surface area contributed by atoms with E-state index in [1.807, 2.05) is 67.6 Å². The van der Waals surface area contributed by atoms with Crippen molar-refractivity contribution in [3.8, 4) is 11.8 Å². The minimum absolute atomic E-state index is 0.0320. The molecule has 2 heterocycles. The topological polar surface area (TPSA) is 81.0 Å². The number of rotatable bonds is 3.